The highest BCUT2D eigenvalue weighted by atomic mass is 19.3. The molecule has 1 amide bonds. The van der Waals surface area contributed by atoms with Gasteiger partial charge in [-0.3, -0.25) is 4.79 Å². The van der Waals surface area contributed by atoms with Crippen LogP contribution in [0, 0.1) is 0 Å². The number of ether oxygens (including phenoxy) is 2. The van der Waals surface area contributed by atoms with Crippen LogP contribution in [0.4, 0.5) is 8.78 Å². The summed E-state index contributed by atoms with van der Waals surface area (Å²) in [5.41, 5.74) is 5.38. The Morgan fingerprint density at radius 2 is 2.12 bits per heavy atom. The maximum Gasteiger partial charge on any atom is 0.261 e. The van der Waals surface area contributed by atoms with E-state index in [1.54, 1.807) is 0 Å². The van der Waals surface area contributed by atoms with Crippen molar-refractivity contribution in [3.8, 4) is 0 Å². The minimum absolute atomic E-state index is 0.0154. The molecule has 0 saturated carbocycles. The van der Waals surface area contributed by atoms with E-state index in [9.17, 15) is 13.6 Å². The van der Waals surface area contributed by atoms with Gasteiger partial charge in [-0.2, -0.15) is 0 Å². The Balaban J connectivity index is 3.66. The Bertz CT molecular complexity index is 200. The van der Waals surface area contributed by atoms with E-state index in [-0.39, 0.29) is 25.0 Å². The molecular formula is C10H20F2N2O3. The molecule has 3 N–H and O–H groups in total. The van der Waals surface area contributed by atoms with Crippen LogP contribution in [0.3, 0.4) is 0 Å². The van der Waals surface area contributed by atoms with Gasteiger partial charge < -0.3 is 20.5 Å². The zero-order valence-electron chi connectivity index (χ0n) is 9.96. The van der Waals surface area contributed by atoms with Crippen molar-refractivity contribution < 1.29 is 23.0 Å². The molecule has 0 bridgehead atoms. The zero-order chi connectivity index (χ0) is 13.1. The van der Waals surface area contributed by atoms with Crippen molar-refractivity contribution in [3.63, 3.8) is 0 Å². The first-order valence-electron chi connectivity index (χ1n) is 5.44. The highest BCUT2D eigenvalue weighted by Gasteiger charge is 2.11. The SMILES string of the molecule is COCC(CCN)NC(=O)CCOCC(F)F. The Hall–Kier alpha value is -0.790. The fraction of sp³-hybridized carbons (Fsp3) is 0.900. The van der Waals surface area contributed by atoms with Crippen LogP contribution in [-0.2, 0) is 14.3 Å². The lowest BCUT2D eigenvalue weighted by molar-refractivity contribution is -0.123. The molecule has 0 aromatic heterocycles. The molecule has 0 spiro atoms. The molecule has 102 valence electrons. The molecule has 7 heteroatoms. The second kappa shape index (κ2) is 10.4. The van der Waals surface area contributed by atoms with Crippen LogP contribution in [0.15, 0.2) is 0 Å². The predicted molar refractivity (Wildman–Crippen MR) is 58.9 cm³/mol. The number of hydrogen-bond donors (Lipinski definition) is 2. The van der Waals surface area contributed by atoms with Crippen molar-refractivity contribution in [1.29, 1.82) is 0 Å². The molecule has 0 aliphatic carbocycles. The third kappa shape index (κ3) is 10.1. The summed E-state index contributed by atoms with van der Waals surface area (Å²) in [4.78, 5) is 11.4. The van der Waals surface area contributed by atoms with E-state index >= 15 is 0 Å². The first-order chi connectivity index (χ1) is 8.10. The van der Waals surface area contributed by atoms with Gasteiger partial charge in [-0.05, 0) is 13.0 Å². The van der Waals surface area contributed by atoms with Gasteiger partial charge in [0.25, 0.3) is 6.43 Å². The van der Waals surface area contributed by atoms with E-state index in [1.165, 1.54) is 7.11 Å². The van der Waals surface area contributed by atoms with Gasteiger partial charge in [-0.15, -0.1) is 0 Å². The van der Waals surface area contributed by atoms with E-state index in [2.05, 4.69) is 10.1 Å². The summed E-state index contributed by atoms with van der Waals surface area (Å²) in [5.74, 6) is -0.255. The molecule has 0 saturated heterocycles. The van der Waals surface area contributed by atoms with Crippen LogP contribution in [0.5, 0.6) is 0 Å². The second-order valence-electron chi connectivity index (χ2n) is 3.51. The third-order valence-corrected chi connectivity index (χ3v) is 1.97. The summed E-state index contributed by atoms with van der Waals surface area (Å²) in [6, 6.07) is -0.146. The molecule has 1 unspecified atom stereocenters. The van der Waals surface area contributed by atoms with E-state index in [0.29, 0.717) is 19.6 Å². The summed E-state index contributed by atoms with van der Waals surface area (Å²) in [6.45, 7) is 0.160. The molecule has 0 aromatic rings. The summed E-state index contributed by atoms with van der Waals surface area (Å²) in [7, 11) is 1.53. The van der Waals surface area contributed by atoms with Crippen molar-refractivity contribution in [1.82, 2.24) is 5.32 Å². The lowest BCUT2D eigenvalue weighted by Gasteiger charge is -2.16. The summed E-state index contributed by atoms with van der Waals surface area (Å²) >= 11 is 0. The van der Waals surface area contributed by atoms with E-state index < -0.39 is 13.0 Å². The Morgan fingerprint density at radius 1 is 1.41 bits per heavy atom. The molecule has 0 rings (SSSR count). The molecule has 0 radical (unpaired) electrons. The second-order valence-corrected chi connectivity index (χ2v) is 3.51. The van der Waals surface area contributed by atoms with Gasteiger partial charge in [0.05, 0.1) is 19.3 Å². The molecule has 0 fully saturated rings. The number of hydrogen-bond acceptors (Lipinski definition) is 4. The Morgan fingerprint density at radius 3 is 2.65 bits per heavy atom. The van der Waals surface area contributed by atoms with Gasteiger partial charge in [-0.25, -0.2) is 8.78 Å². The predicted octanol–water partition coefficient (Wildman–Crippen LogP) is 0.138. The maximum absolute atomic E-state index is 11.7. The molecule has 0 heterocycles. The topological polar surface area (TPSA) is 73.6 Å². The number of amides is 1. The molecular weight excluding hydrogens is 234 g/mol. The van der Waals surface area contributed by atoms with E-state index in [0.717, 1.165) is 0 Å². The zero-order valence-corrected chi connectivity index (χ0v) is 9.96. The van der Waals surface area contributed by atoms with Crippen LogP contribution >= 0.6 is 0 Å². The van der Waals surface area contributed by atoms with Crippen LogP contribution in [0.2, 0.25) is 0 Å². The Labute approximate surface area is 99.6 Å². The average Bonchev–Trinajstić information content (AvgIpc) is 2.25. The molecule has 0 aromatic carbocycles. The number of methoxy groups -OCH3 is 1. The van der Waals surface area contributed by atoms with Gasteiger partial charge in [-0.1, -0.05) is 0 Å². The summed E-state index contributed by atoms with van der Waals surface area (Å²) < 4.78 is 32.9. The molecule has 17 heavy (non-hydrogen) atoms. The van der Waals surface area contributed by atoms with E-state index in [1.807, 2.05) is 0 Å². The number of nitrogens with two attached hydrogens (primary N) is 1. The fourth-order valence-corrected chi connectivity index (χ4v) is 1.24. The molecule has 5 nitrogen and oxygen atoms in total. The number of halogens is 2. The van der Waals surface area contributed by atoms with Gasteiger partial charge in [0.1, 0.15) is 6.61 Å². The standard InChI is InChI=1S/C10H20F2N2O3/c1-16-6-8(2-4-13)14-10(15)3-5-17-7-9(11)12/h8-9H,2-7,13H2,1H3,(H,14,15). The van der Waals surface area contributed by atoms with Crippen molar-refractivity contribution in [2.75, 3.05) is 33.5 Å². The summed E-state index contributed by atoms with van der Waals surface area (Å²) in [6.07, 6.45) is -1.84. The number of rotatable bonds is 10. The fourth-order valence-electron chi connectivity index (χ4n) is 1.24. The van der Waals surface area contributed by atoms with Crippen LogP contribution < -0.4 is 11.1 Å². The van der Waals surface area contributed by atoms with Gasteiger partial charge >= 0.3 is 0 Å². The highest BCUT2D eigenvalue weighted by Crippen LogP contribution is 1.95. The average molecular weight is 254 g/mol. The van der Waals surface area contributed by atoms with Gasteiger partial charge in [0, 0.05) is 13.5 Å². The smallest absolute Gasteiger partial charge is 0.261 e. The lowest BCUT2D eigenvalue weighted by atomic mass is 10.2. The highest BCUT2D eigenvalue weighted by molar-refractivity contribution is 5.76. The monoisotopic (exact) mass is 254 g/mol. The lowest BCUT2D eigenvalue weighted by Crippen LogP contribution is -2.39. The normalized spacial score (nSPS) is 12.8. The largest absolute Gasteiger partial charge is 0.383 e. The summed E-state index contributed by atoms with van der Waals surface area (Å²) in [5, 5.41) is 2.70. The minimum Gasteiger partial charge on any atom is -0.383 e. The Kier molecular flexibility index (Phi) is 9.89. The minimum atomic E-state index is -2.50. The first-order valence-corrected chi connectivity index (χ1v) is 5.44. The van der Waals surface area contributed by atoms with Crippen molar-refractivity contribution in [2.45, 2.75) is 25.3 Å². The number of nitrogens with one attached hydrogen (secondary N) is 1. The molecule has 0 aliphatic heterocycles. The van der Waals surface area contributed by atoms with Crippen molar-refractivity contribution >= 4 is 5.91 Å². The van der Waals surface area contributed by atoms with Crippen LogP contribution in [0.25, 0.3) is 0 Å². The van der Waals surface area contributed by atoms with Gasteiger partial charge in [0.15, 0.2) is 0 Å². The van der Waals surface area contributed by atoms with E-state index in [4.69, 9.17) is 10.5 Å². The third-order valence-electron chi connectivity index (χ3n) is 1.97. The quantitative estimate of drug-likeness (QED) is 0.544. The van der Waals surface area contributed by atoms with Crippen molar-refractivity contribution in [2.24, 2.45) is 5.73 Å². The number of carbonyl (C=O) groups is 1. The number of carbonyl (C=O) groups excluding carboxylic acids is 1. The molecule has 1 atom stereocenters. The van der Waals surface area contributed by atoms with Gasteiger partial charge in [0.2, 0.25) is 5.91 Å². The van der Waals surface area contributed by atoms with Crippen LogP contribution in [-0.4, -0.2) is 51.8 Å². The van der Waals surface area contributed by atoms with Crippen LogP contribution in [0.1, 0.15) is 12.8 Å². The number of alkyl halides is 2. The molecule has 0 aliphatic rings. The maximum atomic E-state index is 11.7. The van der Waals surface area contributed by atoms with Crippen molar-refractivity contribution in [3.05, 3.63) is 0 Å². The first kappa shape index (κ1) is 16.2.